The molecule has 1 aliphatic heterocycles. The van der Waals surface area contributed by atoms with Crippen molar-refractivity contribution in [3.63, 3.8) is 0 Å². The highest BCUT2D eigenvalue weighted by atomic mass is 15.2. The Morgan fingerprint density at radius 3 is 2.62 bits per heavy atom. The molecule has 16 heavy (non-hydrogen) atoms. The van der Waals surface area contributed by atoms with Gasteiger partial charge in [-0.15, -0.1) is 0 Å². The largest absolute Gasteiger partial charge is 0.370 e. The van der Waals surface area contributed by atoms with E-state index < -0.39 is 0 Å². The summed E-state index contributed by atoms with van der Waals surface area (Å²) in [4.78, 5) is 6.59. The Labute approximate surface area is 98.0 Å². The molecule has 2 rings (SSSR count). The van der Waals surface area contributed by atoms with Crippen molar-refractivity contribution in [1.29, 1.82) is 0 Å². The molecule has 2 heterocycles. The number of aromatic nitrogens is 1. The monoisotopic (exact) mass is 216 g/mol. The van der Waals surface area contributed by atoms with Crippen molar-refractivity contribution >= 4 is 0 Å². The molecule has 0 radical (unpaired) electrons. The van der Waals surface area contributed by atoms with Crippen LogP contribution in [0.3, 0.4) is 0 Å². The van der Waals surface area contributed by atoms with Crippen LogP contribution in [0.2, 0.25) is 0 Å². The van der Waals surface area contributed by atoms with Gasteiger partial charge in [0, 0.05) is 30.6 Å². The average molecular weight is 216 g/mol. The predicted molar refractivity (Wildman–Crippen MR) is 66.9 cm³/mol. The average Bonchev–Trinajstić information content (AvgIpc) is 2.61. The third kappa shape index (κ3) is 1.97. The van der Waals surface area contributed by atoms with Crippen molar-refractivity contribution in [2.45, 2.75) is 33.2 Å². The van der Waals surface area contributed by atoms with Crippen LogP contribution in [0.15, 0.2) is 36.3 Å². The van der Waals surface area contributed by atoms with E-state index in [-0.39, 0.29) is 5.41 Å². The molecule has 0 N–H and O–H groups in total. The quantitative estimate of drug-likeness (QED) is 0.715. The highest BCUT2D eigenvalue weighted by Gasteiger charge is 2.30. The molecule has 0 aromatic carbocycles. The van der Waals surface area contributed by atoms with Crippen LogP contribution in [0.1, 0.15) is 38.8 Å². The van der Waals surface area contributed by atoms with Crippen LogP contribution in [-0.4, -0.2) is 16.9 Å². The maximum atomic E-state index is 4.20. The predicted octanol–water partition coefficient (Wildman–Crippen LogP) is 3.39. The zero-order valence-corrected chi connectivity index (χ0v) is 10.6. The second-order valence-corrected chi connectivity index (χ2v) is 5.49. The second-order valence-electron chi connectivity index (χ2n) is 5.49. The smallest absolute Gasteiger partial charge is 0.0586 e. The van der Waals surface area contributed by atoms with E-state index in [0.717, 1.165) is 6.42 Å². The fraction of sp³-hybridized carbons (Fsp3) is 0.500. The summed E-state index contributed by atoms with van der Waals surface area (Å²) in [5.74, 6) is 0. The molecular formula is C14H20N2. The van der Waals surface area contributed by atoms with Gasteiger partial charge in [0.25, 0.3) is 0 Å². The first-order chi connectivity index (χ1) is 7.50. The van der Waals surface area contributed by atoms with Crippen molar-refractivity contribution < 1.29 is 0 Å². The highest BCUT2D eigenvalue weighted by molar-refractivity contribution is 5.25. The summed E-state index contributed by atoms with van der Waals surface area (Å²) in [6, 6.07) is 4.63. The van der Waals surface area contributed by atoms with E-state index >= 15 is 0 Å². The van der Waals surface area contributed by atoms with Gasteiger partial charge in [-0.3, -0.25) is 4.98 Å². The zero-order chi connectivity index (χ0) is 11.8. The van der Waals surface area contributed by atoms with Gasteiger partial charge < -0.3 is 4.90 Å². The van der Waals surface area contributed by atoms with Gasteiger partial charge in [-0.05, 0) is 18.1 Å². The molecule has 0 spiro atoms. The van der Waals surface area contributed by atoms with E-state index in [1.54, 1.807) is 0 Å². The fourth-order valence-corrected chi connectivity index (χ4v) is 2.46. The van der Waals surface area contributed by atoms with Gasteiger partial charge in [-0.2, -0.15) is 0 Å². The normalized spacial score (nSPS) is 21.1. The molecule has 0 amide bonds. The third-order valence-corrected chi connectivity index (χ3v) is 3.22. The molecule has 1 atom stereocenters. The van der Waals surface area contributed by atoms with E-state index in [2.05, 4.69) is 49.8 Å². The van der Waals surface area contributed by atoms with Gasteiger partial charge in [0.15, 0.2) is 0 Å². The number of hydrogen-bond acceptors (Lipinski definition) is 2. The standard InChI is InChI=1S/C14H20N2/c1-14(2,3)13-8-7-12(16(13)4)11-6-5-9-15-10-11/h5-6,8-10,12H,7H2,1-4H3. The van der Waals surface area contributed by atoms with Crippen molar-refractivity contribution in [1.82, 2.24) is 9.88 Å². The molecule has 1 aromatic heterocycles. The fourth-order valence-electron chi connectivity index (χ4n) is 2.46. The summed E-state index contributed by atoms with van der Waals surface area (Å²) >= 11 is 0. The summed E-state index contributed by atoms with van der Waals surface area (Å²) in [6.45, 7) is 6.79. The summed E-state index contributed by atoms with van der Waals surface area (Å²) in [7, 11) is 2.18. The molecule has 86 valence electrons. The van der Waals surface area contributed by atoms with E-state index in [1.807, 2.05) is 18.5 Å². The first kappa shape index (κ1) is 11.2. The van der Waals surface area contributed by atoms with Gasteiger partial charge in [0.2, 0.25) is 0 Å². The van der Waals surface area contributed by atoms with Crippen LogP contribution >= 0.6 is 0 Å². The van der Waals surface area contributed by atoms with Crippen molar-refractivity contribution in [2.75, 3.05) is 7.05 Å². The minimum absolute atomic E-state index is 0.228. The topological polar surface area (TPSA) is 16.1 Å². The van der Waals surface area contributed by atoms with Crippen LogP contribution < -0.4 is 0 Å². The second kappa shape index (κ2) is 3.93. The van der Waals surface area contributed by atoms with Crippen LogP contribution in [0.4, 0.5) is 0 Å². The molecule has 1 unspecified atom stereocenters. The Kier molecular flexibility index (Phi) is 2.75. The molecule has 1 aliphatic rings. The Morgan fingerprint density at radius 2 is 2.12 bits per heavy atom. The minimum atomic E-state index is 0.228. The Hall–Kier alpha value is -1.31. The maximum absolute atomic E-state index is 4.20. The minimum Gasteiger partial charge on any atom is -0.370 e. The molecule has 0 saturated carbocycles. The molecule has 1 aromatic rings. The lowest BCUT2D eigenvalue weighted by atomic mass is 9.92. The SMILES string of the molecule is CN1C(C(C)(C)C)=CCC1c1cccnc1. The van der Waals surface area contributed by atoms with Crippen LogP contribution in [0.5, 0.6) is 0 Å². The molecule has 0 fully saturated rings. The maximum Gasteiger partial charge on any atom is 0.0586 e. The van der Waals surface area contributed by atoms with E-state index in [1.165, 1.54) is 11.3 Å². The number of rotatable bonds is 1. The van der Waals surface area contributed by atoms with Crippen LogP contribution in [0, 0.1) is 5.41 Å². The molecular weight excluding hydrogens is 196 g/mol. The van der Waals surface area contributed by atoms with E-state index in [9.17, 15) is 0 Å². The molecule has 0 bridgehead atoms. The van der Waals surface area contributed by atoms with Gasteiger partial charge >= 0.3 is 0 Å². The summed E-state index contributed by atoms with van der Waals surface area (Å²) in [5, 5.41) is 0. The van der Waals surface area contributed by atoms with E-state index in [4.69, 9.17) is 0 Å². The molecule has 0 aliphatic carbocycles. The number of allylic oxidation sites excluding steroid dienone is 1. The third-order valence-electron chi connectivity index (χ3n) is 3.22. The molecule has 2 nitrogen and oxygen atoms in total. The first-order valence-corrected chi connectivity index (χ1v) is 5.83. The zero-order valence-electron chi connectivity index (χ0n) is 10.6. The number of hydrogen-bond donors (Lipinski definition) is 0. The van der Waals surface area contributed by atoms with Crippen molar-refractivity contribution in [3.05, 3.63) is 41.9 Å². The summed E-state index contributed by atoms with van der Waals surface area (Å²) < 4.78 is 0. The Bertz CT molecular complexity index is 387. The van der Waals surface area contributed by atoms with Gasteiger partial charge in [0.1, 0.15) is 0 Å². The van der Waals surface area contributed by atoms with Crippen molar-refractivity contribution in [3.8, 4) is 0 Å². The number of nitrogens with zero attached hydrogens (tertiary/aromatic N) is 2. The molecule has 0 saturated heterocycles. The lowest BCUT2D eigenvalue weighted by molar-refractivity contribution is 0.273. The Balaban J connectivity index is 2.21. The van der Waals surface area contributed by atoms with Gasteiger partial charge in [-0.1, -0.05) is 32.9 Å². The van der Waals surface area contributed by atoms with Gasteiger partial charge in [-0.25, -0.2) is 0 Å². The van der Waals surface area contributed by atoms with Crippen molar-refractivity contribution in [2.24, 2.45) is 5.41 Å². The Morgan fingerprint density at radius 1 is 1.38 bits per heavy atom. The highest BCUT2D eigenvalue weighted by Crippen LogP contribution is 2.40. The van der Waals surface area contributed by atoms with Crippen LogP contribution in [-0.2, 0) is 0 Å². The number of pyridine rings is 1. The summed E-state index contributed by atoms with van der Waals surface area (Å²) in [5.41, 5.74) is 2.97. The van der Waals surface area contributed by atoms with E-state index in [0.29, 0.717) is 6.04 Å². The first-order valence-electron chi connectivity index (χ1n) is 5.83. The molecule has 2 heteroatoms. The lowest BCUT2D eigenvalue weighted by Crippen LogP contribution is -2.26. The summed E-state index contributed by atoms with van der Waals surface area (Å²) in [6.07, 6.45) is 7.25. The van der Waals surface area contributed by atoms with Gasteiger partial charge in [0.05, 0.1) is 6.04 Å². The van der Waals surface area contributed by atoms with Crippen LogP contribution in [0.25, 0.3) is 0 Å². The lowest BCUT2D eigenvalue weighted by Gasteiger charge is -2.32.